The molecular formula is C32H45N4O3+. The Kier molecular flexibility index (Phi) is 8.98. The van der Waals surface area contributed by atoms with Gasteiger partial charge in [-0.15, -0.1) is 0 Å². The molecule has 1 fully saturated rings. The summed E-state index contributed by atoms with van der Waals surface area (Å²) >= 11 is 0. The fourth-order valence-corrected chi connectivity index (χ4v) is 5.75. The Labute approximate surface area is 233 Å². The molecule has 1 aromatic carbocycles. The smallest absolute Gasteiger partial charge is 0.410 e. The maximum atomic E-state index is 13.0. The third-order valence-electron chi connectivity index (χ3n) is 8.24. The summed E-state index contributed by atoms with van der Waals surface area (Å²) in [6, 6.07) is 6.61. The molecule has 3 aliphatic rings. The first-order chi connectivity index (χ1) is 18.7. The zero-order chi connectivity index (χ0) is 28.2. The molecule has 1 N–H and O–H groups in total. The van der Waals surface area contributed by atoms with Crippen molar-refractivity contribution in [3.8, 4) is 0 Å². The number of rotatable bonds is 10. The summed E-state index contributed by atoms with van der Waals surface area (Å²) in [5.74, 6) is 0. The molecule has 210 valence electrons. The van der Waals surface area contributed by atoms with Crippen LogP contribution >= 0.6 is 0 Å². The van der Waals surface area contributed by atoms with Crippen LogP contribution in [0.25, 0.3) is 5.57 Å². The van der Waals surface area contributed by atoms with E-state index in [2.05, 4.69) is 67.1 Å². The number of carbonyl (C=O) groups is 2. The van der Waals surface area contributed by atoms with Gasteiger partial charge in [0.25, 0.3) is 0 Å². The SMILES string of the molecule is CCCCNc1ccc2c(c1)C(C)(C)C1=CC(=[N+]3CCCC3)C=CC1=C2C(C)OC(=O)N(C)CCN(C)C=O. The third-order valence-corrected chi connectivity index (χ3v) is 8.24. The van der Waals surface area contributed by atoms with Gasteiger partial charge < -0.3 is 19.9 Å². The predicted octanol–water partition coefficient (Wildman–Crippen LogP) is 5.23. The zero-order valence-electron chi connectivity index (χ0n) is 24.5. The van der Waals surface area contributed by atoms with Crippen LogP contribution in [0.15, 0.2) is 47.6 Å². The molecule has 1 aromatic rings. The largest absolute Gasteiger partial charge is 0.441 e. The summed E-state index contributed by atoms with van der Waals surface area (Å²) in [5.41, 5.74) is 8.00. The topological polar surface area (TPSA) is 64.9 Å². The maximum absolute atomic E-state index is 13.0. The number of amides is 2. The van der Waals surface area contributed by atoms with E-state index in [1.807, 2.05) is 6.92 Å². The summed E-state index contributed by atoms with van der Waals surface area (Å²) in [4.78, 5) is 27.0. The highest BCUT2D eigenvalue weighted by atomic mass is 16.6. The molecule has 0 spiro atoms. The maximum Gasteiger partial charge on any atom is 0.410 e. The summed E-state index contributed by atoms with van der Waals surface area (Å²) in [7, 11) is 3.41. The minimum atomic E-state index is -0.450. The molecule has 7 nitrogen and oxygen atoms in total. The van der Waals surface area contributed by atoms with E-state index < -0.39 is 12.2 Å². The van der Waals surface area contributed by atoms with Crippen LogP contribution in [-0.2, 0) is 14.9 Å². The minimum Gasteiger partial charge on any atom is -0.441 e. The lowest BCUT2D eigenvalue weighted by molar-refractivity contribution is -0.504. The van der Waals surface area contributed by atoms with Crippen LogP contribution in [0.5, 0.6) is 0 Å². The Morgan fingerprint density at radius 3 is 2.62 bits per heavy atom. The molecule has 1 heterocycles. The normalized spacial score (nSPS) is 18.3. The molecule has 39 heavy (non-hydrogen) atoms. The summed E-state index contributed by atoms with van der Waals surface area (Å²) in [6.07, 6.45) is 11.5. The van der Waals surface area contributed by atoms with E-state index in [1.54, 1.807) is 14.1 Å². The van der Waals surface area contributed by atoms with Crippen LogP contribution in [0.1, 0.15) is 64.5 Å². The van der Waals surface area contributed by atoms with Crippen molar-refractivity contribution >= 4 is 29.5 Å². The van der Waals surface area contributed by atoms with Crippen molar-refractivity contribution in [3.63, 3.8) is 0 Å². The van der Waals surface area contributed by atoms with Crippen LogP contribution in [0.4, 0.5) is 10.5 Å². The second-order valence-corrected chi connectivity index (χ2v) is 11.5. The Bertz CT molecular complexity index is 1220. The van der Waals surface area contributed by atoms with Crippen molar-refractivity contribution < 1.29 is 18.9 Å². The Hall–Kier alpha value is -3.35. The molecule has 0 bridgehead atoms. The number of unbranched alkanes of at least 4 members (excludes halogenated alkanes) is 1. The van der Waals surface area contributed by atoms with Crippen LogP contribution in [-0.4, -0.2) is 85.5 Å². The van der Waals surface area contributed by atoms with Crippen molar-refractivity contribution in [1.29, 1.82) is 0 Å². The number of carbonyl (C=O) groups excluding carboxylic acids is 2. The molecule has 1 saturated heterocycles. The number of likely N-dealkylation sites (N-methyl/N-ethyl adjacent to an activating group) is 2. The number of fused-ring (bicyclic) bond motifs is 2. The van der Waals surface area contributed by atoms with Gasteiger partial charge in [0.05, 0.1) is 0 Å². The molecule has 2 aliphatic carbocycles. The van der Waals surface area contributed by atoms with Gasteiger partial charge in [0.2, 0.25) is 6.41 Å². The second-order valence-electron chi connectivity index (χ2n) is 11.5. The lowest BCUT2D eigenvalue weighted by Gasteiger charge is -2.40. The molecule has 1 atom stereocenters. The van der Waals surface area contributed by atoms with Gasteiger partial charge in [0.15, 0.2) is 5.71 Å². The Morgan fingerprint density at radius 2 is 1.92 bits per heavy atom. The van der Waals surface area contributed by atoms with E-state index in [0.29, 0.717) is 13.1 Å². The number of nitrogens with one attached hydrogen (secondary N) is 1. The number of hydrogen-bond donors (Lipinski definition) is 1. The monoisotopic (exact) mass is 533 g/mol. The molecule has 0 aromatic heterocycles. The first kappa shape index (κ1) is 28.7. The number of allylic oxidation sites excluding steroid dienone is 5. The third kappa shape index (κ3) is 6.13. The molecule has 2 amide bonds. The molecule has 7 heteroatoms. The van der Waals surface area contributed by atoms with E-state index in [0.717, 1.165) is 61.3 Å². The molecule has 0 saturated carbocycles. The summed E-state index contributed by atoms with van der Waals surface area (Å²) in [6.45, 7) is 12.8. The number of anilines is 1. The fraction of sp³-hybridized carbons (Fsp3) is 0.531. The van der Waals surface area contributed by atoms with E-state index in [4.69, 9.17) is 4.74 Å². The van der Waals surface area contributed by atoms with Crippen LogP contribution in [0.2, 0.25) is 0 Å². The van der Waals surface area contributed by atoms with Crippen molar-refractivity contribution in [3.05, 3.63) is 58.7 Å². The average molecular weight is 534 g/mol. The standard InChI is InChI=1S/C32H44N4O3/c1-7-8-15-33-24-11-13-26-28(20-24)32(3,4)29-21-25(36-16-9-10-17-36)12-14-27(29)30(26)23(2)39-31(38)35(6)19-18-34(5)22-37/h11-14,20-23H,7-10,15-19H2,1-6H3/p+1. The van der Waals surface area contributed by atoms with Crippen molar-refractivity contribution in [2.24, 2.45) is 0 Å². The van der Waals surface area contributed by atoms with Gasteiger partial charge in [-0.05, 0) is 53.8 Å². The highest BCUT2D eigenvalue weighted by molar-refractivity contribution is 6.06. The number of ether oxygens (including phenoxy) is 1. The van der Waals surface area contributed by atoms with E-state index in [1.165, 1.54) is 39.5 Å². The average Bonchev–Trinajstić information content (AvgIpc) is 3.47. The van der Waals surface area contributed by atoms with Gasteiger partial charge in [0, 0.05) is 75.4 Å². The molecule has 0 radical (unpaired) electrons. The number of benzene rings is 1. The predicted molar refractivity (Wildman–Crippen MR) is 159 cm³/mol. The quantitative estimate of drug-likeness (QED) is 0.254. The molecular weight excluding hydrogens is 488 g/mol. The first-order valence-electron chi connectivity index (χ1n) is 14.4. The zero-order valence-corrected chi connectivity index (χ0v) is 24.5. The van der Waals surface area contributed by atoms with Crippen LogP contribution in [0.3, 0.4) is 0 Å². The lowest BCUT2D eigenvalue weighted by Crippen LogP contribution is -2.37. The van der Waals surface area contributed by atoms with Gasteiger partial charge in [0.1, 0.15) is 19.2 Å². The summed E-state index contributed by atoms with van der Waals surface area (Å²) < 4.78 is 8.53. The first-order valence-corrected chi connectivity index (χ1v) is 14.4. The Morgan fingerprint density at radius 1 is 1.18 bits per heavy atom. The van der Waals surface area contributed by atoms with Crippen molar-refractivity contribution in [1.82, 2.24) is 9.80 Å². The highest BCUT2D eigenvalue weighted by Gasteiger charge is 2.40. The van der Waals surface area contributed by atoms with Gasteiger partial charge in [-0.25, -0.2) is 9.37 Å². The number of hydrogen-bond acceptors (Lipinski definition) is 4. The van der Waals surface area contributed by atoms with E-state index >= 15 is 0 Å². The van der Waals surface area contributed by atoms with Crippen molar-refractivity contribution in [2.45, 2.75) is 64.9 Å². The second kappa shape index (κ2) is 12.2. The van der Waals surface area contributed by atoms with Gasteiger partial charge in [-0.1, -0.05) is 33.3 Å². The summed E-state index contributed by atoms with van der Waals surface area (Å²) in [5, 5.41) is 3.59. The van der Waals surface area contributed by atoms with Crippen LogP contribution in [0, 0.1) is 0 Å². The minimum absolute atomic E-state index is 0.216. The van der Waals surface area contributed by atoms with Crippen molar-refractivity contribution in [2.75, 3.05) is 52.1 Å². The van der Waals surface area contributed by atoms with Gasteiger partial charge in [-0.3, -0.25) is 4.79 Å². The fourth-order valence-electron chi connectivity index (χ4n) is 5.75. The Balaban J connectivity index is 1.73. The van der Waals surface area contributed by atoms with Gasteiger partial charge in [-0.2, -0.15) is 0 Å². The van der Waals surface area contributed by atoms with Crippen LogP contribution < -0.4 is 5.32 Å². The lowest BCUT2D eigenvalue weighted by atomic mass is 9.64. The van der Waals surface area contributed by atoms with E-state index in [-0.39, 0.29) is 5.41 Å². The van der Waals surface area contributed by atoms with Gasteiger partial charge >= 0.3 is 6.09 Å². The molecule has 1 aliphatic heterocycles. The highest BCUT2D eigenvalue weighted by Crippen LogP contribution is 2.49. The molecule has 4 rings (SSSR count). The van der Waals surface area contributed by atoms with E-state index in [9.17, 15) is 9.59 Å². The molecule has 1 unspecified atom stereocenters. The number of nitrogens with zero attached hydrogens (tertiary/aromatic N) is 3.